The fraction of sp³-hybridized carbons (Fsp3) is 0.667. The fourth-order valence-corrected chi connectivity index (χ4v) is 1.68. The molecule has 4 nitrogen and oxygen atoms in total. The van der Waals surface area contributed by atoms with E-state index in [1.54, 1.807) is 0 Å². The molecule has 1 aromatic heterocycles. The predicted molar refractivity (Wildman–Crippen MR) is 59.8 cm³/mol. The van der Waals surface area contributed by atoms with E-state index in [9.17, 15) is 4.79 Å². The van der Waals surface area contributed by atoms with Crippen molar-refractivity contribution in [2.75, 3.05) is 19.6 Å². The van der Waals surface area contributed by atoms with Crippen molar-refractivity contribution in [3.05, 3.63) is 20.7 Å². The largest absolute Gasteiger partial charge is 0.315 e. The Labute approximate surface area is 87.7 Å². The molecule has 0 spiro atoms. The summed E-state index contributed by atoms with van der Waals surface area (Å²) < 4.78 is 0. The molecule has 14 heavy (non-hydrogen) atoms. The third kappa shape index (κ3) is 4.55. The zero-order chi connectivity index (χ0) is 10.2. The Hall–Kier alpha value is -0.650. The molecule has 0 aliphatic heterocycles. The van der Waals surface area contributed by atoms with E-state index in [1.807, 2.05) is 5.38 Å². The molecule has 0 unspecified atom stereocenters. The number of H-pyrrole nitrogens is 1. The van der Waals surface area contributed by atoms with Crippen LogP contribution < -0.4 is 15.5 Å². The molecule has 0 radical (unpaired) electrons. The maximum absolute atomic E-state index is 10.8. The molecule has 0 fully saturated rings. The summed E-state index contributed by atoms with van der Waals surface area (Å²) in [6.07, 6.45) is 1.16. The molecule has 0 amide bonds. The Balaban J connectivity index is 2.02. The van der Waals surface area contributed by atoms with Gasteiger partial charge in [0.1, 0.15) is 0 Å². The Morgan fingerprint density at radius 1 is 1.36 bits per heavy atom. The summed E-state index contributed by atoms with van der Waals surface area (Å²) in [5.74, 6) is 0. The smallest absolute Gasteiger partial charge is 0.304 e. The van der Waals surface area contributed by atoms with Crippen LogP contribution in [0.1, 0.15) is 19.0 Å². The molecule has 0 saturated carbocycles. The molecule has 0 aliphatic carbocycles. The van der Waals surface area contributed by atoms with Gasteiger partial charge in [-0.05, 0) is 13.0 Å². The number of aromatic amines is 1. The first-order chi connectivity index (χ1) is 6.83. The van der Waals surface area contributed by atoms with E-state index >= 15 is 0 Å². The zero-order valence-electron chi connectivity index (χ0n) is 8.43. The second-order valence-electron chi connectivity index (χ2n) is 3.10. The van der Waals surface area contributed by atoms with Gasteiger partial charge < -0.3 is 15.6 Å². The summed E-state index contributed by atoms with van der Waals surface area (Å²) in [7, 11) is 0. The molecule has 0 saturated heterocycles. The van der Waals surface area contributed by atoms with Crippen molar-refractivity contribution in [3.63, 3.8) is 0 Å². The summed E-state index contributed by atoms with van der Waals surface area (Å²) in [4.78, 5) is 13.6. The number of nitrogens with one attached hydrogen (secondary N) is 3. The van der Waals surface area contributed by atoms with Gasteiger partial charge in [-0.2, -0.15) is 0 Å². The van der Waals surface area contributed by atoms with Gasteiger partial charge in [0.25, 0.3) is 0 Å². The third-order valence-electron chi connectivity index (χ3n) is 1.79. The summed E-state index contributed by atoms with van der Waals surface area (Å²) in [5, 5.41) is 8.40. The van der Waals surface area contributed by atoms with E-state index in [1.165, 1.54) is 11.3 Å². The first kappa shape index (κ1) is 11.4. The molecule has 0 atom stereocenters. The van der Waals surface area contributed by atoms with Gasteiger partial charge in [0.15, 0.2) is 0 Å². The number of rotatable bonds is 7. The lowest BCUT2D eigenvalue weighted by Gasteiger charge is -2.03. The lowest BCUT2D eigenvalue weighted by molar-refractivity contribution is 0.603. The Morgan fingerprint density at radius 3 is 2.79 bits per heavy atom. The molecule has 1 heterocycles. The Kier molecular flexibility index (Phi) is 5.51. The molecule has 80 valence electrons. The third-order valence-corrected chi connectivity index (χ3v) is 2.51. The number of thiazole rings is 1. The van der Waals surface area contributed by atoms with Crippen molar-refractivity contribution in [1.82, 2.24) is 15.6 Å². The van der Waals surface area contributed by atoms with Gasteiger partial charge in [0.05, 0.1) is 0 Å². The van der Waals surface area contributed by atoms with Crippen molar-refractivity contribution in [2.45, 2.75) is 19.9 Å². The summed E-state index contributed by atoms with van der Waals surface area (Å²) >= 11 is 1.21. The number of aromatic nitrogens is 1. The fourth-order valence-electron chi connectivity index (χ4n) is 1.10. The van der Waals surface area contributed by atoms with Gasteiger partial charge in [-0.1, -0.05) is 18.3 Å². The van der Waals surface area contributed by atoms with E-state index in [-0.39, 0.29) is 4.87 Å². The molecule has 0 bridgehead atoms. The van der Waals surface area contributed by atoms with Crippen LogP contribution in [0, 0.1) is 0 Å². The van der Waals surface area contributed by atoms with Crippen molar-refractivity contribution >= 4 is 11.3 Å². The Morgan fingerprint density at radius 2 is 2.14 bits per heavy atom. The van der Waals surface area contributed by atoms with E-state index in [4.69, 9.17) is 0 Å². The molecule has 3 N–H and O–H groups in total. The van der Waals surface area contributed by atoms with Crippen LogP contribution >= 0.6 is 11.3 Å². The highest BCUT2D eigenvalue weighted by Gasteiger charge is 1.94. The van der Waals surface area contributed by atoms with Crippen molar-refractivity contribution in [2.24, 2.45) is 0 Å². The second-order valence-corrected chi connectivity index (χ2v) is 3.94. The first-order valence-electron chi connectivity index (χ1n) is 4.91. The minimum absolute atomic E-state index is 0.0194. The van der Waals surface area contributed by atoms with Crippen molar-refractivity contribution in [1.29, 1.82) is 0 Å². The van der Waals surface area contributed by atoms with E-state index in [0.717, 1.165) is 38.3 Å². The zero-order valence-corrected chi connectivity index (χ0v) is 9.25. The summed E-state index contributed by atoms with van der Waals surface area (Å²) in [6, 6.07) is 0. The highest BCUT2D eigenvalue weighted by atomic mass is 32.1. The molecule has 0 aliphatic rings. The van der Waals surface area contributed by atoms with Crippen LogP contribution in [0.5, 0.6) is 0 Å². The lowest BCUT2D eigenvalue weighted by Crippen LogP contribution is -2.27. The first-order valence-corrected chi connectivity index (χ1v) is 5.79. The van der Waals surface area contributed by atoms with Crippen LogP contribution in [-0.4, -0.2) is 24.6 Å². The average molecular weight is 215 g/mol. The SMILES string of the molecule is CCCNCCNCc1csc(=O)[nH]1. The van der Waals surface area contributed by atoms with Gasteiger partial charge in [-0.25, -0.2) is 0 Å². The van der Waals surface area contributed by atoms with Crippen molar-refractivity contribution < 1.29 is 0 Å². The van der Waals surface area contributed by atoms with Gasteiger partial charge in [-0.15, -0.1) is 0 Å². The normalized spacial score (nSPS) is 10.6. The average Bonchev–Trinajstić information content (AvgIpc) is 2.58. The van der Waals surface area contributed by atoms with Crippen LogP contribution in [0.15, 0.2) is 10.2 Å². The van der Waals surface area contributed by atoms with Crippen LogP contribution in [0.3, 0.4) is 0 Å². The van der Waals surface area contributed by atoms with E-state index < -0.39 is 0 Å². The van der Waals surface area contributed by atoms with Gasteiger partial charge >= 0.3 is 4.87 Å². The number of hydrogen-bond donors (Lipinski definition) is 3. The highest BCUT2D eigenvalue weighted by Crippen LogP contribution is 1.93. The minimum atomic E-state index is 0.0194. The maximum Gasteiger partial charge on any atom is 0.304 e. The highest BCUT2D eigenvalue weighted by molar-refractivity contribution is 7.07. The molecular formula is C9H17N3OS. The topological polar surface area (TPSA) is 56.9 Å². The van der Waals surface area contributed by atoms with E-state index in [2.05, 4.69) is 22.5 Å². The van der Waals surface area contributed by atoms with Gasteiger partial charge in [0.2, 0.25) is 0 Å². The van der Waals surface area contributed by atoms with Crippen LogP contribution in [-0.2, 0) is 6.54 Å². The van der Waals surface area contributed by atoms with Crippen LogP contribution in [0.4, 0.5) is 0 Å². The quantitative estimate of drug-likeness (QED) is 0.581. The monoisotopic (exact) mass is 215 g/mol. The second kappa shape index (κ2) is 6.75. The molecular weight excluding hydrogens is 198 g/mol. The summed E-state index contributed by atoms with van der Waals surface area (Å²) in [5.41, 5.74) is 0.968. The minimum Gasteiger partial charge on any atom is -0.315 e. The molecule has 1 aromatic rings. The van der Waals surface area contributed by atoms with Crippen LogP contribution in [0.2, 0.25) is 0 Å². The van der Waals surface area contributed by atoms with Gasteiger partial charge in [0, 0.05) is 30.7 Å². The van der Waals surface area contributed by atoms with E-state index in [0.29, 0.717) is 0 Å². The van der Waals surface area contributed by atoms with Crippen molar-refractivity contribution in [3.8, 4) is 0 Å². The summed E-state index contributed by atoms with van der Waals surface area (Å²) in [6.45, 7) is 5.86. The lowest BCUT2D eigenvalue weighted by atomic mass is 10.4. The maximum atomic E-state index is 10.8. The molecule has 0 aromatic carbocycles. The van der Waals surface area contributed by atoms with Crippen LogP contribution in [0.25, 0.3) is 0 Å². The molecule has 5 heteroatoms. The molecule has 1 rings (SSSR count). The Bertz CT molecular complexity index is 294. The predicted octanol–water partition coefficient (Wildman–Crippen LogP) is 0.526. The standard InChI is InChI=1S/C9H17N3OS/c1-2-3-10-4-5-11-6-8-7-14-9(13)12-8/h7,10-11H,2-6H2,1H3,(H,12,13). The van der Waals surface area contributed by atoms with Gasteiger partial charge in [-0.3, -0.25) is 4.79 Å². The number of hydrogen-bond acceptors (Lipinski definition) is 4.